The molecule has 0 aromatic heterocycles. The number of hydrogen-bond donors (Lipinski definition) is 0. The summed E-state index contributed by atoms with van der Waals surface area (Å²) in [5.74, 6) is 4.63. The van der Waals surface area contributed by atoms with E-state index in [4.69, 9.17) is 0 Å². The van der Waals surface area contributed by atoms with E-state index in [-0.39, 0.29) is 0 Å². The third kappa shape index (κ3) is 1.67. The number of nitrogens with zero attached hydrogens (tertiary/aromatic N) is 1. The lowest BCUT2D eigenvalue weighted by Gasteiger charge is -2.31. The van der Waals surface area contributed by atoms with E-state index in [0.717, 1.165) is 0 Å². The smallest absolute Gasteiger partial charge is 0.313 e. The highest BCUT2D eigenvalue weighted by Crippen LogP contribution is 2.28. The molecule has 0 bridgehead atoms. The largest absolute Gasteiger partial charge is 0.383 e. The molecule has 2 heterocycles. The van der Waals surface area contributed by atoms with Gasteiger partial charge in [0, 0.05) is 5.69 Å². The van der Waals surface area contributed by atoms with E-state index < -0.39 is 0 Å². The van der Waals surface area contributed by atoms with Crippen molar-refractivity contribution in [3.05, 3.63) is 82.6 Å². The monoisotopic (exact) mass is 279 g/mol. The Kier molecular flexibility index (Phi) is 2.36. The van der Waals surface area contributed by atoms with Crippen LogP contribution in [0.5, 0.6) is 0 Å². The van der Waals surface area contributed by atoms with Crippen molar-refractivity contribution in [2.75, 3.05) is 4.81 Å². The second kappa shape index (κ2) is 4.38. The third-order valence-corrected chi connectivity index (χ3v) is 4.59. The zero-order chi connectivity index (χ0) is 14.5. The number of anilines is 1. The molecule has 0 radical (unpaired) electrons. The van der Waals surface area contributed by atoms with Crippen LogP contribution in [0.25, 0.3) is 29.0 Å². The molecule has 0 aliphatic carbocycles. The molecule has 3 aromatic carbocycles. The molecule has 0 saturated heterocycles. The average molecular weight is 279 g/mol. The first-order chi connectivity index (χ1) is 10.9. The van der Waals surface area contributed by atoms with Crippen molar-refractivity contribution in [3.8, 4) is 0 Å². The molecule has 0 fully saturated rings. The van der Waals surface area contributed by atoms with Gasteiger partial charge in [-0.2, -0.15) is 0 Å². The molecular weight excluding hydrogens is 265 g/mol. The summed E-state index contributed by atoms with van der Waals surface area (Å²) in [6.07, 6.45) is 4.52. The normalized spacial score (nSPS) is 14.7. The van der Waals surface area contributed by atoms with E-state index in [1.54, 1.807) is 0 Å². The van der Waals surface area contributed by atoms with Gasteiger partial charge < -0.3 is 4.81 Å². The van der Waals surface area contributed by atoms with Crippen LogP contribution in [0.3, 0.4) is 0 Å². The van der Waals surface area contributed by atoms with Gasteiger partial charge in [-0.25, -0.2) is 0 Å². The zero-order valence-corrected chi connectivity index (χ0v) is 12.1. The molecule has 0 saturated carbocycles. The maximum Gasteiger partial charge on any atom is 0.313 e. The van der Waals surface area contributed by atoms with Crippen LogP contribution in [0.2, 0.25) is 0 Å². The highest BCUT2D eigenvalue weighted by molar-refractivity contribution is 6.83. The predicted octanol–water partition coefficient (Wildman–Crippen LogP) is 2.98. The lowest BCUT2D eigenvalue weighted by Crippen LogP contribution is -2.44. The fraction of sp³-hybridized carbons (Fsp3) is 0. The Balaban J connectivity index is 1.80. The molecule has 0 spiro atoms. The number of rotatable bonds is 0. The van der Waals surface area contributed by atoms with Crippen molar-refractivity contribution in [2.24, 2.45) is 0 Å². The van der Waals surface area contributed by atoms with Crippen molar-refractivity contribution < 1.29 is 0 Å². The van der Waals surface area contributed by atoms with Crippen LogP contribution >= 0.6 is 0 Å². The van der Waals surface area contributed by atoms with Crippen LogP contribution in [0.15, 0.2) is 66.6 Å². The van der Waals surface area contributed by atoms with Crippen LogP contribution < -0.4 is 15.2 Å². The minimum absolute atomic E-state index is 0.309. The molecule has 1 nitrogen and oxygen atoms in total. The quantitative estimate of drug-likeness (QED) is 0.572. The summed E-state index contributed by atoms with van der Waals surface area (Å²) in [7, 11) is 0. The number of hydrogen-bond acceptors (Lipinski definition) is 1. The fourth-order valence-corrected chi connectivity index (χ4v) is 3.48. The molecule has 22 heavy (non-hydrogen) atoms. The lowest BCUT2D eigenvalue weighted by atomic mass is 9.56. The first kappa shape index (κ1) is 11.9. The SMILES string of the molecule is C1=Cc2ccccc2N2C=c3cc4ccccc4cc3=CB12. The van der Waals surface area contributed by atoms with Crippen LogP contribution in [-0.2, 0) is 0 Å². The van der Waals surface area contributed by atoms with Crippen molar-refractivity contribution in [2.45, 2.75) is 0 Å². The average Bonchev–Trinajstić information content (AvgIpc) is 2.58. The van der Waals surface area contributed by atoms with E-state index in [0.29, 0.717) is 6.85 Å². The summed E-state index contributed by atoms with van der Waals surface area (Å²) in [5, 5.41) is 5.22. The first-order valence-electron chi connectivity index (χ1n) is 7.67. The van der Waals surface area contributed by atoms with Gasteiger partial charge in [-0.15, -0.1) is 0 Å². The summed E-state index contributed by atoms with van der Waals surface area (Å²) in [5.41, 5.74) is 2.57. The molecule has 5 rings (SSSR count). The maximum absolute atomic E-state index is 2.37. The van der Waals surface area contributed by atoms with E-state index in [1.807, 2.05) is 0 Å². The van der Waals surface area contributed by atoms with Crippen LogP contribution in [0.4, 0.5) is 5.69 Å². The minimum Gasteiger partial charge on any atom is -0.383 e. The molecule has 2 aliphatic heterocycles. The summed E-state index contributed by atoms with van der Waals surface area (Å²) < 4.78 is 0. The molecule has 102 valence electrons. The van der Waals surface area contributed by atoms with Crippen molar-refractivity contribution in [1.82, 2.24) is 0 Å². The lowest BCUT2D eigenvalue weighted by molar-refractivity contribution is 1.39. The summed E-state index contributed by atoms with van der Waals surface area (Å²) in [6, 6.07) is 21.7. The van der Waals surface area contributed by atoms with Gasteiger partial charge in [-0.3, -0.25) is 0 Å². The molecule has 0 amide bonds. The Morgan fingerprint density at radius 2 is 1.50 bits per heavy atom. The van der Waals surface area contributed by atoms with Gasteiger partial charge in [0.2, 0.25) is 0 Å². The molecule has 0 unspecified atom stereocenters. The molecule has 2 heteroatoms. The number of benzene rings is 3. The Bertz CT molecular complexity index is 1050. The van der Waals surface area contributed by atoms with Crippen molar-refractivity contribution >= 4 is 41.6 Å². The molecule has 2 aliphatic rings. The van der Waals surface area contributed by atoms with E-state index in [2.05, 4.69) is 89.7 Å². The highest BCUT2D eigenvalue weighted by atomic mass is 15.1. The van der Waals surface area contributed by atoms with Gasteiger partial charge in [0.25, 0.3) is 0 Å². The third-order valence-electron chi connectivity index (χ3n) is 4.59. The van der Waals surface area contributed by atoms with Gasteiger partial charge in [0.1, 0.15) is 0 Å². The van der Waals surface area contributed by atoms with Crippen LogP contribution in [-0.4, -0.2) is 6.85 Å². The molecule has 3 aromatic rings. The Hall–Kier alpha value is -2.74. The van der Waals surface area contributed by atoms with E-state index >= 15 is 0 Å². The topological polar surface area (TPSA) is 3.24 Å². The number of fused-ring (bicyclic) bond motifs is 5. The van der Waals surface area contributed by atoms with Gasteiger partial charge >= 0.3 is 6.85 Å². The molecular formula is C20H14BN. The Morgan fingerprint density at radius 1 is 0.773 bits per heavy atom. The predicted molar refractivity (Wildman–Crippen MR) is 95.8 cm³/mol. The summed E-state index contributed by atoms with van der Waals surface area (Å²) >= 11 is 0. The Labute approximate surface area is 129 Å². The zero-order valence-electron chi connectivity index (χ0n) is 12.1. The van der Waals surface area contributed by atoms with Crippen LogP contribution in [0.1, 0.15) is 5.56 Å². The first-order valence-corrected chi connectivity index (χ1v) is 7.67. The standard InChI is InChI=1S/C20H14BN/c1-2-7-17-12-19-14-22-20-8-4-3-5-15(20)9-10-21(22)13-18(19)11-16(17)6-1/h1-14H. The second-order valence-corrected chi connectivity index (χ2v) is 5.94. The van der Waals surface area contributed by atoms with Crippen molar-refractivity contribution in [3.63, 3.8) is 0 Å². The summed E-state index contributed by atoms with van der Waals surface area (Å²) in [4.78, 5) is 2.37. The van der Waals surface area contributed by atoms with Gasteiger partial charge in [-0.05, 0) is 51.2 Å². The summed E-state index contributed by atoms with van der Waals surface area (Å²) in [6.45, 7) is 0.309. The maximum atomic E-state index is 2.37. The second-order valence-electron chi connectivity index (χ2n) is 5.94. The van der Waals surface area contributed by atoms with Gasteiger partial charge in [0.15, 0.2) is 0 Å². The Morgan fingerprint density at radius 3 is 2.36 bits per heavy atom. The minimum atomic E-state index is 0.309. The van der Waals surface area contributed by atoms with E-state index in [9.17, 15) is 0 Å². The molecule has 0 atom stereocenters. The van der Waals surface area contributed by atoms with Gasteiger partial charge in [0.05, 0.1) is 0 Å². The number of para-hydroxylation sites is 1. The van der Waals surface area contributed by atoms with Crippen LogP contribution in [0, 0.1) is 0 Å². The van der Waals surface area contributed by atoms with Crippen molar-refractivity contribution in [1.29, 1.82) is 0 Å². The van der Waals surface area contributed by atoms with Gasteiger partial charge in [-0.1, -0.05) is 60.5 Å². The van der Waals surface area contributed by atoms with E-state index in [1.165, 1.54) is 32.5 Å². The highest BCUT2D eigenvalue weighted by Gasteiger charge is 2.24. The fourth-order valence-electron chi connectivity index (χ4n) is 3.48. The molecule has 0 N–H and O–H groups in total.